The molecular formula is C48H64O16. The molecule has 4 heterocycles. The summed E-state index contributed by atoms with van der Waals surface area (Å²) in [6.45, 7) is 9.06. The Morgan fingerprint density at radius 3 is 1.27 bits per heavy atom. The van der Waals surface area contributed by atoms with Crippen LogP contribution in [-0.2, 0) is 57.2 Å². The molecule has 9 aliphatic carbocycles. The predicted octanol–water partition coefficient (Wildman–Crippen LogP) is 2.71. The van der Waals surface area contributed by atoms with Gasteiger partial charge in [-0.2, -0.15) is 0 Å². The van der Waals surface area contributed by atoms with Crippen molar-refractivity contribution in [2.24, 2.45) is 78.8 Å². The van der Waals surface area contributed by atoms with Crippen LogP contribution in [0.3, 0.4) is 0 Å². The van der Waals surface area contributed by atoms with Crippen LogP contribution in [-0.4, -0.2) is 118 Å². The van der Waals surface area contributed by atoms with Crippen molar-refractivity contribution in [3.05, 3.63) is 0 Å². The maximum atomic E-state index is 16.4. The van der Waals surface area contributed by atoms with Crippen molar-refractivity contribution in [3.63, 3.8) is 0 Å². The number of ether oxygens (including phenoxy) is 6. The largest absolute Gasteiger partial charge is 0.465 e. The van der Waals surface area contributed by atoms with E-state index in [9.17, 15) is 39.6 Å². The van der Waals surface area contributed by atoms with Crippen LogP contribution in [0.1, 0.15) is 119 Å². The third-order valence-corrected chi connectivity index (χ3v) is 21.7. The highest BCUT2D eigenvalue weighted by atomic mass is 16.6. The van der Waals surface area contributed by atoms with Crippen molar-refractivity contribution in [2.75, 3.05) is 26.4 Å². The molecular weight excluding hydrogens is 833 g/mol. The number of carbonyl (C=O) groups is 6. The zero-order valence-electron chi connectivity index (χ0n) is 37.8. The van der Waals surface area contributed by atoms with Gasteiger partial charge in [-0.25, -0.2) is 0 Å². The SMILES string of the molecule is CC(=O)OCC1(C)C(OC(C)=O)CCC23COC(O)(CC12)C12C(=O)C4(CCC45C(=O)C46C(O)C5CCC4C45CCC(OC(C)=O)C(C)(COC(C)=O)C4CC6(O)OC5)C(CCC31)C2O. The minimum absolute atomic E-state index is 0.0826. The Hall–Kier alpha value is -3.02. The van der Waals surface area contributed by atoms with Crippen LogP contribution < -0.4 is 0 Å². The van der Waals surface area contributed by atoms with E-state index in [2.05, 4.69) is 0 Å². The maximum absolute atomic E-state index is 16.4. The molecule has 8 bridgehead atoms. The summed E-state index contributed by atoms with van der Waals surface area (Å²) in [7, 11) is 0. The first kappa shape index (κ1) is 43.5. The van der Waals surface area contributed by atoms with Gasteiger partial charge in [0.2, 0.25) is 0 Å². The number of hydrogen-bond donors (Lipinski definition) is 4. The molecule has 0 amide bonds. The zero-order valence-corrected chi connectivity index (χ0v) is 37.8. The van der Waals surface area contributed by atoms with E-state index < -0.39 is 150 Å². The van der Waals surface area contributed by atoms with Gasteiger partial charge < -0.3 is 48.8 Å². The Morgan fingerprint density at radius 2 is 0.938 bits per heavy atom. The number of carbonyl (C=O) groups excluding carboxylic acids is 6. The number of hydrogen-bond acceptors (Lipinski definition) is 16. The highest BCUT2D eigenvalue weighted by Gasteiger charge is 2.96. The average molecular weight is 897 g/mol. The van der Waals surface area contributed by atoms with Crippen molar-refractivity contribution < 1.29 is 77.6 Å². The molecule has 64 heavy (non-hydrogen) atoms. The van der Waals surface area contributed by atoms with Crippen molar-refractivity contribution in [1.82, 2.24) is 0 Å². The van der Waals surface area contributed by atoms with Crippen LogP contribution in [0.2, 0.25) is 0 Å². The second-order valence-electron chi connectivity index (χ2n) is 23.2. The summed E-state index contributed by atoms with van der Waals surface area (Å²) in [5, 5.41) is 52.4. The van der Waals surface area contributed by atoms with Crippen LogP contribution in [0.5, 0.6) is 0 Å². The Balaban J connectivity index is 1.00. The molecule has 20 atom stereocenters. The van der Waals surface area contributed by atoms with Gasteiger partial charge in [0.15, 0.2) is 23.1 Å². The molecule has 13 rings (SSSR count). The van der Waals surface area contributed by atoms with E-state index in [0.29, 0.717) is 51.4 Å². The molecule has 13 fully saturated rings. The van der Waals surface area contributed by atoms with Gasteiger partial charge in [0.05, 0.1) is 25.4 Å². The van der Waals surface area contributed by atoms with Gasteiger partial charge in [-0.3, -0.25) is 28.8 Å². The van der Waals surface area contributed by atoms with Crippen molar-refractivity contribution in [1.29, 1.82) is 0 Å². The summed E-state index contributed by atoms with van der Waals surface area (Å²) in [5.74, 6) is -10.7. The van der Waals surface area contributed by atoms with Crippen LogP contribution in [0.25, 0.3) is 0 Å². The lowest BCUT2D eigenvalue weighted by atomic mass is 9.36. The molecule has 352 valence electrons. The van der Waals surface area contributed by atoms with E-state index in [-0.39, 0.29) is 52.1 Å². The van der Waals surface area contributed by atoms with Crippen LogP contribution in [0, 0.1) is 78.8 Å². The van der Waals surface area contributed by atoms with E-state index in [1.54, 1.807) is 0 Å². The maximum Gasteiger partial charge on any atom is 0.302 e. The highest BCUT2D eigenvalue weighted by Crippen LogP contribution is 2.88. The summed E-state index contributed by atoms with van der Waals surface area (Å²) in [5.41, 5.74) is -10.1. The third-order valence-electron chi connectivity index (χ3n) is 21.7. The topological polar surface area (TPSA) is 239 Å². The summed E-state index contributed by atoms with van der Waals surface area (Å²) >= 11 is 0. The molecule has 0 aromatic rings. The minimum Gasteiger partial charge on any atom is -0.465 e. The molecule has 16 nitrogen and oxygen atoms in total. The molecule has 4 aliphatic heterocycles. The number of rotatable bonds is 6. The fraction of sp³-hybridized carbons (Fsp3) is 0.875. The number of ketones is 2. The second kappa shape index (κ2) is 12.9. The molecule has 4 N–H and O–H groups in total. The number of fused-ring (bicyclic) bond motifs is 7. The van der Waals surface area contributed by atoms with Crippen molar-refractivity contribution in [3.8, 4) is 0 Å². The predicted molar refractivity (Wildman–Crippen MR) is 215 cm³/mol. The Bertz CT molecular complexity index is 2010. The molecule has 9 saturated carbocycles. The van der Waals surface area contributed by atoms with Gasteiger partial charge in [0.25, 0.3) is 0 Å². The van der Waals surface area contributed by atoms with Gasteiger partial charge in [-0.05, 0) is 99.7 Å². The minimum atomic E-state index is -2.18. The van der Waals surface area contributed by atoms with Gasteiger partial charge in [0, 0.05) is 73.0 Å². The number of Topliss-reactive ketones (excluding diaryl/α,β-unsaturated/α-hetero) is 2. The molecule has 0 aromatic carbocycles. The normalized spacial score (nSPS) is 56.7. The first-order valence-electron chi connectivity index (χ1n) is 23.8. The lowest BCUT2D eigenvalue weighted by Crippen LogP contribution is -2.80. The van der Waals surface area contributed by atoms with Crippen molar-refractivity contribution >= 4 is 35.4 Å². The van der Waals surface area contributed by atoms with Crippen LogP contribution >= 0.6 is 0 Å². The van der Waals surface area contributed by atoms with E-state index in [1.807, 2.05) is 13.8 Å². The standard InChI is InChI=1S/C48H64O16/c1-23(49)59-19-39(5)31-17-45(57)47-29(41(31,21-61-45)13-11-33(39)63-25(3)51)9-7-27(35(47)53)43(37(47)55)15-16-44(43)28-8-10-30-42-14-12-34(64-26(4)52)40(6,20-60-24(2)50)32(42)18-46(58,62-22-42)48(30,36(28)54)38(44)56/h27-36,53-54,57-58H,7-22H2,1-6H3. The fourth-order valence-electron chi connectivity index (χ4n) is 19.6. The van der Waals surface area contributed by atoms with E-state index in [1.165, 1.54) is 27.7 Å². The summed E-state index contributed by atoms with van der Waals surface area (Å²) in [6.07, 6.45) is -0.389. The molecule has 16 heteroatoms. The van der Waals surface area contributed by atoms with Crippen molar-refractivity contribution in [2.45, 2.75) is 155 Å². The first-order chi connectivity index (χ1) is 30.0. The molecule has 13 aliphatic rings. The van der Waals surface area contributed by atoms with E-state index in [0.717, 1.165) is 0 Å². The Morgan fingerprint density at radius 1 is 0.562 bits per heavy atom. The van der Waals surface area contributed by atoms with Crippen LogP contribution in [0.15, 0.2) is 0 Å². The van der Waals surface area contributed by atoms with Gasteiger partial charge in [0.1, 0.15) is 36.3 Å². The third kappa shape index (κ3) is 4.37. The molecule has 4 saturated heterocycles. The van der Waals surface area contributed by atoms with Gasteiger partial charge in [-0.1, -0.05) is 13.8 Å². The second-order valence-corrected chi connectivity index (χ2v) is 23.2. The molecule has 0 aromatic heterocycles. The first-order valence-corrected chi connectivity index (χ1v) is 23.8. The molecule has 20 unspecified atom stereocenters. The molecule has 0 radical (unpaired) electrons. The van der Waals surface area contributed by atoms with E-state index in [4.69, 9.17) is 28.4 Å². The van der Waals surface area contributed by atoms with Gasteiger partial charge in [-0.15, -0.1) is 0 Å². The van der Waals surface area contributed by atoms with E-state index >= 15 is 9.59 Å². The number of esters is 4. The Labute approximate surface area is 372 Å². The zero-order chi connectivity index (χ0) is 45.8. The van der Waals surface area contributed by atoms with Crippen LogP contribution in [0.4, 0.5) is 0 Å². The smallest absolute Gasteiger partial charge is 0.302 e. The molecule has 6 spiro atoms. The number of aliphatic hydroxyl groups excluding tert-OH is 2. The average Bonchev–Trinajstić information content (AvgIpc) is 3.39. The summed E-state index contributed by atoms with van der Waals surface area (Å²) < 4.78 is 36.2. The Kier molecular flexibility index (Phi) is 8.80. The monoisotopic (exact) mass is 896 g/mol. The lowest BCUT2D eigenvalue weighted by Gasteiger charge is -2.73. The lowest BCUT2D eigenvalue weighted by molar-refractivity contribution is -0.420. The summed E-state index contributed by atoms with van der Waals surface area (Å²) in [4.78, 5) is 82.3. The summed E-state index contributed by atoms with van der Waals surface area (Å²) in [6, 6.07) is 0. The fourth-order valence-corrected chi connectivity index (χ4v) is 19.6. The quantitative estimate of drug-likeness (QED) is 0.222. The number of aliphatic hydroxyl groups is 4. The highest BCUT2D eigenvalue weighted by molar-refractivity contribution is 6.07. The van der Waals surface area contributed by atoms with Gasteiger partial charge >= 0.3 is 23.9 Å².